The SMILES string of the molecule is CCCCC(NC(=O)c1[nH]c2ccc(OC)cc2c1C)C(=O)Nc1ccc(OC2CCN(C)CC2)nc1. The Labute approximate surface area is 217 Å². The molecule has 1 aromatic carbocycles. The number of pyridine rings is 1. The lowest BCUT2D eigenvalue weighted by molar-refractivity contribution is -0.118. The van der Waals surface area contributed by atoms with E-state index in [1.165, 1.54) is 0 Å². The van der Waals surface area contributed by atoms with Crippen LogP contribution in [0.4, 0.5) is 5.69 Å². The second-order valence-electron chi connectivity index (χ2n) is 9.70. The Morgan fingerprint density at radius 2 is 2.00 bits per heavy atom. The number of anilines is 1. The molecule has 1 fully saturated rings. The van der Waals surface area contributed by atoms with Gasteiger partial charge in [-0.1, -0.05) is 19.8 Å². The topological polar surface area (TPSA) is 109 Å². The summed E-state index contributed by atoms with van der Waals surface area (Å²) in [5.41, 5.74) is 2.65. The van der Waals surface area contributed by atoms with Crippen molar-refractivity contribution in [3.8, 4) is 11.6 Å². The molecule has 0 spiro atoms. The van der Waals surface area contributed by atoms with E-state index in [2.05, 4.69) is 39.5 Å². The smallest absolute Gasteiger partial charge is 0.268 e. The number of aromatic amines is 1. The molecule has 1 unspecified atom stereocenters. The first-order chi connectivity index (χ1) is 17.9. The molecular formula is C28H37N5O4. The Morgan fingerprint density at radius 3 is 2.68 bits per heavy atom. The lowest BCUT2D eigenvalue weighted by Crippen LogP contribution is -2.44. The van der Waals surface area contributed by atoms with E-state index in [0.717, 1.165) is 61.0 Å². The van der Waals surface area contributed by atoms with Crippen molar-refractivity contribution in [2.24, 2.45) is 0 Å². The number of hydrogen-bond donors (Lipinski definition) is 3. The van der Waals surface area contributed by atoms with Crippen molar-refractivity contribution >= 4 is 28.4 Å². The highest BCUT2D eigenvalue weighted by atomic mass is 16.5. The summed E-state index contributed by atoms with van der Waals surface area (Å²) >= 11 is 0. The zero-order valence-corrected chi connectivity index (χ0v) is 22.1. The largest absolute Gasteiger partial charge is 0.497 e. The number of carbonyl (C=O) groups is 2. The lowest BCUT2D eigenvalue weighted by atomic mass is 10.1. The predicted molar refractivity (Wildman–Crippen MR) is 144 cm³/mol. The maximum Gasteiger partial charge on any atom is 0.268 e. The highest BCUT2D eigenvalue weighted by molar-refractivity contribution is 6.04. The number of piperidine rings is 1. The fourth-order valence-electron chi connectivity index (χ4n) is 4.59. The molecule has 2 amide bonds. The summed E-state index contributed by atoms with van der Waals surface area (Å²) < 4.78 is 11.3. The van der Waals surface area contributed by atoms with Crippen molar-refractivity contribution in [2.45, 2.75) is 58.1 Å². The molecule has 0 aliphatic carbocycles. The quantitative estimate of drug-likeness (QED) is 0.378. The molecule has 198 valence electrons. The molecular weight excluding hydrogens is 470 g/mol. The first kappa shape index (κ1) is 26.5. The number of methoxy groups -OCH3 is 1. The van der Waals surface area contributed by atoms with E-state index < -0.39 is 6.04 Å². The fourth-order valence-corrected chi connectivity index (χ4v) is 4.59. The van der Waals surface area contributed by atoms with Gasteiger partial charge >= 0.3 is 0 Å². The number of likely N-dealkylation sites (tertiary alicyclic amines) is 1. The molecule has 1 aliphatic rings. The normalized spacial score (nSPS) is 15.4. The average Bonchev–Trinajstić information content (AvgIpc) is 3.24. The number of ether oxygens (including phenoxy) is 2. The van der Waals surface area contributed by atoms with Gasteiger partial charge in [0.2, 0.25) is 11.8 Å². The number of aromatic nitrogens is 2. The summed E-state index contributed by atoms with van der Waals surface area (Å²) in [5, 5.41) is 6.73. The summed E-state index contributed by atoms with van der Waals surface area (Å²) in [6.07, 6.45) is 5.95. The third kappa shape index (κ3) is 6.60. The molecule has 9 heteroatoms. The van der Waals surface area contributed by atoms with Gasteiger partial charge in [-0.05, 0) is 63.1 Å². The standard InChI is InChI=1S/C28H37N5O4/c1-5-6-7-24(32-28(35)26-18(2)22-16-21(36-4)9-10-23(22)31-26)27(34)30-19-8-11-25(29-17-19)37-20-12-14-33(3)15-13-20/h8-11,16-17,20,24,31H,5-7,12-15H2,1-4H3,(H,30,34)(H,32,35). The van der Waals surface area contributed by atoms with Crippen LogP contribution < -0.4 is 20.1 Å². The predicted octanol–water partition coefficient (Wildman–Crippen LogP) is 4.28. The summed E-state index contributed by atoms with van der Waals surface area (Å²) in [7, 11) is 3.72. The number of nitrogens with zero attached hydrogens (tertiary/aromatic N) is 2. The monoisotopic (exact) mass is 507 g/mol. The van der Waals surface area contributed by atoms with Crippen molar-refractivity contribution in [3.63, 3.8) is 0 Å². The van der Waals surface area contributed by atoms with Crippen LogP contribution in [-0.4, -0.2) is 66.1 Å². The van der Waals surface area contributed by atoms with Crippen LogP contribution in [0.15, 0.2) is 36.5 Å². The van der Waals surface area contributed by atoms with Crippen molar-refractivity contribution in [3.05, 3.63) is 47.8 Å². The van der Waals surface area contributed by atoms with E-state index in [9.17, 15) is 9.59 Å². The van der Waals surface area contributed by atoms with Crippen LogP contribution in [0.1, 0.15) is 55.1 Å². The number of benzene rings is 1. The Kier molecular flexibility index (Phi) is 8.66. The third-order valence-electron chi connectivity index (χ3n) is 6.92. The molecule has 1 saturated heterocycles. The molecule has 0 radical (unpaired) electrons. The fraction of sp³-hybridized carbons (Fsp3) is 0.464. The molecule has 2 aromatic heterocycles. The zero-order chi connectivity index (χ0) is 26.4. The maximum atomic E-state index is 13.2. The number of amides is 2. The van der Waals surface area contributed by atoms with Gasteiger partial charge in [0.1, 0.15) is 23.6 Å². The molecule has 0 saturated carbocycles. The minimum absolute atomic E-state index is 0.159. The Hall–Kier alpha value is -3.59. The van der Waals surface area contributed by atoms with E-state index in [0.29, 0.717) is 23.7 Å². The number of rotatable bonds is 10. The number of hydrogen-bond acceptors (Lipinski definition) is 6. The third-order valence-corrected chi connectivity index (χ3v) is 6.92. The van der Waals surface area contributed by atoms with Crippen LogP contribution in [-0.2, 0) is 4.79 Å². The van der Waals surface area contributed by atoms with Crippen LogP contribution in [0.2, 0.25) is 0 Å². The number of carbonyl (C=O) groups excluding carboxylic acids is 2. The van der Waals surface area contributed by atoms with E-state index in [1.54, 1.807) is 25.4 Å². The van der Waals surface area contributed by atoms with Gasteiger partial charge in [-0.15, -0.1) is 0 Å². The summed E-state index contributed by atoms with van der Waals surface area (Å²) in [6, 6.07) is 8.50. The minimum atomic E-state index is -0.678. The Balaban J connectivity index is 1.40. The van der Waals surface area contributed by atoms with Gasteiger partial charge in [-0.2, -0.15) is 0 Å². The number of aryl methyl sites for hydroxylation is 1. The number of unbranched alkanes of at least 4 members (excludes halogenated alkanes) is 1. The second-order valence-corrected chi connectivity index (χ2v) is 9.70. The first-order valence-corrected chi connectivity index (χ1v) is 13.0. The summed E-state index contributed by atoms with van der Waals surface area (Å²) in [6.45, 7) is 5.96. The lowest BCUT2D eigenvalue weighted by Gasteiger charge is -2.28. The minimum Gasteiger partial charge on any atom is -0.497 e. The molecule has 1 aliphatic heterocycles. The van der Waals surface area contributed by atoms with Crippen LogP contribution in [0.3, 0.4) is 0 Å². The van der Waals surface area contributed by atoms with Crippen molar-refractivity contribution in [2.75, 3.05) is 32.6 Å². The zero-order valence-electron chi connectivity index (χ0n) is 22.1. The summed E-state index contributed by atoms with van der Waals surface area (Å²) in [5.74, 6) is 0.680. The van der Waals surface area contributed by atoms with E-state index in [1.807, 2.05) is 25.1 Å². The van der Waals surface area contributed by atoms with Gasteiger partial charge in [-0.25, -0.2) is 4.98 Å². The van der Waals surface area contributed by atoms with Gasteiger partial charge in [-0.3, -0.25) is 9.59 Å². The molecule has 1 atom stereocenters. The van der Waals surface area contributed by atoms with Crippen LogP contribution in [0, 0.1) is 6.92 Å². The van der Waals surface area contributed by atoms with Gasteiger partial charge in [0.25, 0.3) is 5.91 Å². The molecule has 3 N–H and O–H groups in total. The van der Waals surface area contributed by atoms with Crippen LogP contribution in [0.5, 0.6) is 11.6 Å². The van der Waals surface area contributed by atoms with Gasteiger partial charge < -0.3 is 30.0 Å². The molecule has 3 heterocycles. The highest BCUT2D eigenvalue weighted by Gasteiger charge is 2.24. The second kappa shape index (κ2) is 12.1. The molecule has 0 bridgehead atoms. The van der Waals surface area contributed by atoms with E-state index in [-0.39, 0.29) is 17.9 Å². The molecule has 3 aromatic rings. The van der Waals surface area contributed by atoms with Crippen molar-refractivity contribution < 1.29 is 19.1 Å². The molecule has 9 nitrogen and oxygen atoms in total. The van der Waals surface area contributed by atoms with Crippen LogP contribution in [0.25, 0.3) is 10.9 Å². The van der Waals surface area contributed by atoms with Crippen molar-refractivity contribution in [1.82, 2.24) is 20.2 Å². The van der Waals surface area contributed by atoms with Gasteiger partial charge in [0.15, 0.2) is 0 Å². The number of nitrogens with one attached hydrogen (secondary N) is 3. The first-order valence-electron chi connectivity index (χ1n) is 13.0. The van der Waals surface area contributed by atoms with Crippen molar-refractivity contribution in [1.29, 1.82) is 0 Å². The van der Waals surface area contributed by atoms with Crippen LogP contribution >= 0.6 is 0 Å². The molecule has 4 rings (SSSR count). The number of fused-ring (bicyclic) bond motifs is 1. The molecule has 37 heavy (non-hydrogen) atoms. The number of H-pyrrole nitrogens is 1. The van der Waals surface area contributed by atoms with E-state index in [4.69, 9.17) is 9.47 Å². The Morgan fingerprint density at radius 1 is 1.22 bits per heavy atom. The Bertz CT molecular complexity index is 1220. The highest BCUT2D eigenvalue weighted by Crippen LogP contribution is 2.26. The maximum absolute atomic E-state index is 13.2. The van der Waals surface area contributed by atoms with Gasteiger partial charge in [0.05, 0.1) is 19.0 Å². The van der Waals surface area contributed by atoms with Gasteiger partial charge in [0, 0.05) is 30.1 Å². The van der Waals surface area contributed by atoms with E-state index >= 15 is 0 Å². The average molecular weight is 508 g/mol. The summed E-state index contributed by atoms with van der Waals surface area (Å²) in [4.78, 5) is 36.2.